The number of nitrogens with zero attached hydrogens (tertiary/aromatic N) is 3. The van der Waals surface area contributed by atoms with Gasteiger partial charge in [-0.15, -0.1) is 0 Å². The first-order chi connectivity index (χ1) is 7.59. The van der Waals surface area contributed by atoms with Gasteiger partial charge in [0, 0.05) is 30.4 Å². The molecule has 0 aliphatic heterocycles. The molecular formula is C10H10N3O2S. The van der Waals surface area contributed by atoms with Crippen LogP contribution in [0.1, 0.15) is 17.6 Å². The summed E-state index contributed by atoms with van der Waals surface area (Å²) in [6.45, 7) is 1.91. The molecule has 2 rings (SSSR count). The van der Waals surface area contributed by atoms with Gasteiger partial charge in [-0.2, -0.15) is 0 Å². The monoisotopic (exact) mass is 236 g/mol. The largest absolute Gasteiger partial charge is 0.337 e. The number of thiophene rings is 1. The van der Waals surface area contributed by atoms with E-state index in [1.54, 1.807) is 12.3 Å². The fourth-order valence-electron chi connectivity index (χ4n) is 1.46. The fraction of sp³-hybridized carbons (Fsp3) is 0.200. The maximum atomic E-state index is 10.6. The molecule has 2 aromatic heterocycles. The van der Waals surface area contributed by atoms with Crippen molar-refractivity contribution in [2.45, 2.75) is 6.92 Å². The summed E-state index contributed by atoms with van der Waals surface area (Å²) in [7, 11) is 1.90. The molecule has 1 radical (unpaired) electrons. The Kier molecular flexibility index (Phi) is 2.74. The highest BCUT2D eigenvalue weighted by Crippen LogP contribution is 2.31. The van der Waals surface area contributed by atoms with Crippen molar-refractivity contribution in [3.8, 4) is 0 Å². The van der Waals surface area contributed by atoms with Gasteiger partial charge in [0.25, 0.3) is 0 Å². The predicted octanol–water partition coefficient (Wildman–Crippen LogP) is 2.38. The molecule has 0 N–H and O–H groups in total. The van der Waals surface area contributed by atoms with Gasteiger partial charge in [-0.3, -0.25) is 10.1 Å². The van der Waals surface area contributed by atoms with Gasteiger partial charge in [-0.1, -0.05) is 11.3 Å². The van der Waals surface area contributed by atoms with Gasteiger partial charge in [0.15, 0.2) is 0 Å². The Balaban J connectivity index is 2.31. The van der Waals surface area contributed by atoms with Crippen molar-refractivity contribution in [3.63, 3.8) is 0 Å². The van der Waals surface area contributed by atoms with E-state index in [1.165, 1.54) is 17.4 Å². The maximum Gasteiger partial charge on any atom is 0.324 e. The second-order valence-electron chi connectivity index (χ2n) is 3.38. The molecule has 5 nitrogen and oxygen atoms in total. The van der Waals surface area contributed by atoms with E-state index in [1.807, 2.05) is 24.7 Å². The molecule has 0 aliphatic rings. The van der Waals surface area contributed by atoms with E-state index in [2.05, 4.69) is 4.98 Å². The molecule has 0 fully saturated rings. The van der Waals surface area contributed by atoms with Crippen LogP contribution in [0.4, 0.5) is 5.00 Å². The average Bonchev–Trinajstić information content (AvgIpc) is 2.84. The van der Waals surface area contributed by atoms with Crippen molar-refractivity contribution < 1.29 is 4.92 Å². The molecule has 2 heterocycles. The average molecular weight is 236 g/mol. The second kappa shape index (κ2) is 4.05. The molecule has 0 amide bonds. The highest BCUT2D eigenvalue weighted by molar-refractivity contribution is 7.15. The predicted molar refractivity (Wildman–Crippen MR) is 61.3 cm³/mol. The van der Waals surface area contributed by atoms with E-state index in [0.717, 1.165) is 16.6 Å². The van der Waals surface area contributed by atoms with E-state index in [4.69, 9.17) is 0 Å². The summed E-state index contributed by atoms with van der Waals surface area (Å²) in [5, 5.41) is 10.7. The van der Waals surface area contributed by atoms with E-state index >= 15 is 0 Å². The lowest BCUT2D eigenvalue weighted by Crippen LogP contribution is -2.03. The molecule has 0 aromatic carbocycles. The first-order valence-electron chi connectivity index (χ1n) is 4.65. The molecule has 0 saturated carbocycles. The minimum Gasteiger partial charge on any atom is -0.337 e. The first-order valence-corrected chi connectivity index (χ1v) is 5.47. The highest BCUT2D eigenvalue weighted by atomic mass is 32.1. The third-order valence-corrected chi connectivity index (χ3v) is 3.45. The van der Waals surface area contributed by atoms with Crippen LogP contribution < -0.4 is 0 Å². The molecule has 0 spiro atoms. The number of hydrogen-bond donors (Lipinski definition) is 0. The van der Waals surface area contributed by atoms with Gasteiger partial charge in [0.05, 0.1) is 10.8 Å². The standard InChI is InChI=1S/C10H10N3O2S/c1-7(10-11-5-6-12(10)2)8-3-4-9(16-8)13(14)15/h3-6H,1-2H3. The van der Waals surface area contributed by atoms with E-state index in [0.29, 0.717) is 0 Å². The lowest BCUT2D eigenvalue weighted by molar-refractivity contribution is -0.380. The molecule has 16 heavy (non-hydrogen) atoms. The van der Waals surface area contributed by atoms with Crippen LogP contribution >= 0.6 is 11.3 Å². The molecule has 0 unspecified atom stereocenters. The number of imidazole rings is 1. The van der Waals surface area contributed by atoms with Crippen LogP contribution in [0, 0.1) is 16.0 Å². The zero-order valence-corrected chi connectivity index (χ0v) is 9.69. The fourth-order valence-corrected chi connectivity index (χ4v) is 2.28. The molecule has 2 aromatic rings. The number of hydrogen-bond acceptors (Lipinski definition) is 4. The van der Waals surface area contributed by atoms with Crippen LogP contribution in [0.15, 0.2) is 24.5 Å². The number of aryl methyl sites for hydroxylation is 1. The minimum absolute atomic E-state index is 0.156. The van der Waals surface area contributed by atoms with Crippen LogP contribution in [0.3, 0.4) is 0 Å². The van der Waals surface area contributed by atoms with Crippen LogP contribution in [0.25, 0.3) is 0 Å². The van der Waals surface area contributed by atoms with Crippen LogP contribution in [0.2, 0.25) is 0 Å². The van der Waals surface area contributed by atoms with Crippen LogP contribution in [-0.4, -0.2) is 14.5 Å². The Hall–Kier alpha value is -1.69. The van der Waals surface area contributed by atoms with Gasteiger partial charge in [0.1, 0.15) is 5.82 Å². The summed E-state index contributed by atoms with van der Waals surface area (Å²) in [6, 6.07) is 3.28. The quantitative estimate of drug-likeness (QED) is 0.607. The Bertz CT molecular complexity index is 518. The lowest BCUT2D eigenvalue weighted by atomic mass is 10.1. The Labute approximate surface area is 96.5 Å². The Morgan fingerprint density at radius 1 is 1.56 bits per heavy atom. The van der Waals surface area contributed by atoms with Crippen molar-refractivity contribution in [2.75, 3.05) is 0 Å². The van der Waals surface area contributed by atoms with Gasteiger partial charge in [-0.25, -0.2) is 4.98 Å². The van der Waals surface area contributed by atoms with Crippen LogP contribution in [-0.2, 0) is 7.05 Å². The normalized spacial score (nSPS) is 10.9. The van der Waals surface area contributed by atoms with Crippen molar-refractivity contribution in [1.82, 2.24) is 9.55 Å². The minimum atomic E-state index is -0.375. The second-order valence-corrected chi connectivity index (χ2v) is 4.44. The van der Waals surface area contributed by atoms with Gasteiger partial charge in [0.2, 0.25) is 0 Å². The maximum absolute atomic E-state index is 10.6. The summed E-state index contributed by atoms with van der Waals surface area (Å²) < 4.78 is 1.89. The topological polar surface area (TPSA) is 61.0 Å². The SMILES string of the molecule is C[C](c1ccc([N+](=O)[O-])s1)c1nccn1C. The number of rotatable bonds is 3. The molecule has 0 atom stereocenters. The Morgan fingerprint density at radius 3 is 2.81 bits per heavy atom. The van der Waals surface area contributed by atoms with Crippen molar-refractivity contribution in [3.05, 3.63) is 51.3 Å². The zero-order chi connectivity index (χ0) is 11.7. The molecule has 0 bridgehead atoms. The summed E-state index contributed by atoms with van der Waals surface area (Å²) in [6.07, 6.45) is 3.56. The van der Waals surface area contributed by atoms with E-state index in [-0.39, 0.29) is 9.92 Å². The van der Waals surface area contributed by atoms with E-state index < -0.39 is 0 Å². The summed E-state index contributed by atoms with van der Waals surface area (Å²) >= 11 is 1.17. The molecule has 0 aliphatic carbocycles. The van der Waals surface area contributed by atoms with Gasteiger partial charge >= 0.3 is 5.00 Å². The molecule has 6 heteroatoms. The molecular weight excluding hydrogens is 226 g/mol. The van der Waals surface area contributed by atoms with Crippen molar-refractivity contribution >= 4 is 16.3 Å². The van der Waals surface area contributed by atoms with Crippen LogP contribution in [0.5, 0.6) is 0 Å². The summed E-state index contributed by atoms with van der Waals surface area (Å²) in [5.74, 6) is 1.78. The smallest absolute Gasteiger partial charge is 0.324 e. The van der Waals surface area contributed by atoms with Crippen molar-refractivity contribution in [2.24, 2.45) is 7.05 Å². The van der Waals surface area contributed by atoms with Crippen molar-refractivity contribution in [1.29, 1.82) is 0 Å². The van der Waals surface area contributed by atoms with Gasteiger partial charge < -0.3 is 4.57 Å². The number of aromatic nitrogens is 2. The summed E-state index contributed by atoms with van der Waals surface area (Å²) in [4.78, 5) is 15.3. The van der Waals surface area contributed by atoms with Gasteiger partial charge in [-0.05, 0) is 13.0 Å². The highest BCUT2D eigenvalue weighted by Gasteiger charge is 2.19. The zero-order valence-electron chi connectivity index (χ0n) is 8.88. The third-order valence-electron chi connectivity index (χ3n) is 2.30. The third kappa shape index (κ3) is 1.83. The lowest BCUT2D eigenvalue weighted by Gasteiger charge is -2.07. The Morgan fingerprint density at radius 2 is 2.31 bits per heavy atom. The molecule has 83 valence electrons. The van der Waals surface area contributed by atoms with E-state index in [9.17, 15) is 10.1 Å². The first kappa shape index (κ1) is 10.8. The summed E-state index contributed by atoms with van der Waals surface area (Å²) in [5.41, 5.74) is 0. The molecule has 0 saturated heterocycles. The number of nitro groups is 1.